The van der Waals surface area contributed by atoms with E-state index in [-0.39, 0.29) is 17.4 Å². The van der Waals surface area contributed by atoms with E-state index in [0.717, 1.165) is 42.5 Å². The van der Waals surface area contributed by atoms with Crippen LogP contribution in [0.2, 0.25) is 0 Å². The largest absolute Gasteiger partial charge is 0.507 e. The molecule has 1 aliphatic carbocycles. The van der Waals surface area contributed by atoms with Crippen LogP contribution in [0.4, 0.5) is 0 Å². The summed E-state index contributed by atoms with van der Waals surface area (Å²) >= 11 is 1.52. The molecule has 2 aromatic rings. The summed E-state index contributed by atoms with van der Waals surface area (Å²) in [5.41, 5.74) is 1.63. The number of hydrogen-bond acceptors (Lipinski definition) is 6. The van der Waals surface area contributed by atoms with Crippen molar-refractivity contribution in [3.63, 3.8) is 0 Å². The average Bonchev–Trinajstić information content (AvgIpc) is 3.34. The van der Waals surface area contributed by atoms with Crippen molar-refractivity contribution in [1.29, 1.82) is 0 Å². The van der Waals surface area contributed by atoms with Gasteiger partial charge in [0.15, 0.2) is 11.5 Å². The number of benzene rings is 1. The number of aryl methyl sites for hydroxylation is 1. The van der Waals surface area contributed by atoms with Crippen molar-refractivity contribution in [1.82, 2.24) is 4.90 Å². The first kappa shape index (κ1) is 20.1. The van der Waals surface area contributed by atoms with Crippen LogP contribution >= 0.6 is 11.3 Å². The van der Waals surface area contributed by atoms with Gasteiger partial charge in [-0.1, -0.05) is 19.3 Å². The fourth-order valence-electron chi connectivity index (χ4n) is 4.85. The van der Waals surface area contributed by atoms with E-state index in [1.807, 2.05) is 18.4 Å². The molecule has 1 amide bonds. The van der Waals surface area contributed by atoms with E-state index in [1.54, 1.807) is 23.1 Å². The number of aliphatic hydroxyl groups excluding tert-OH is 1. The number of thiophene rings is 1. The third-order valence-corrected chi connectivity index (χ3v) is 7.49. The van der Waals surface area contributed by atoms with Crippen molar-refractivity contribution >= 4 is 28.8 Å². The van der Waals surface area contributed by atoms with Gasteiger partial charge in [-0.2, -0.15) is 0 Å². The highest BCUT2D eigenvalue weighted by Gasteiger charge is 2.49. The van der Waals surface area contributed by atoms with Crippen molar-refractivity contribution in [2.24, 2.45) is 0 Å². The molecule has 2 fully saturated rings. The normalized spacial score (nSPS) is 23.4. The first-order valence-corrected chi connectivity index (χ1v) is 11.7. The lowest BCUT2D eigenvalue weighted by molar-refractivity contribution is -0.141. The number of likely N-dealkylation sites (tertiary alicyclic amines) is 1. The molecule has 3 aliphatic rings. The monoisotopic (exact) mass is 439 g/mol. The number of nitrogens with zero attached hydrogens (tertiary/aromatic N) is 1. The van der Waals surface area contributed by atoms with Crippen LogP contribution in [0.25, 0.3) is 5.76 Å². The smallest absolute Gasteiger partial charge is 0.295 e. The lowest BCUT2D eigenvalue weighted by Gasteiger charge is -2.35. The quantitative estimate of drug-likeness (QED) is 0.430. The lowest BCUT2D eigenvalue weighted by atomic mass is 9.92. The molecule has 1 aromatic heterocycles. The number of fused-ring (bicyclic) bond motifs is 1. The van der Waals surface area contributed by atoms with Gasteiger partial charge in [-0.25, -0.2) is 0 Å². The third kappa shape index (κ3) is 3.41. The van der Waals surface area contributed by atoms with Crippen LogP contribution in [0.15, 0.2) is 35.2 Å². The van der Waals surface area contributed by atoms with E-state index in [1.165, 1.54) is 11.3 Å². The molecule has 6 nitrogen and oxygen atoms in total. The van der Waals surface area contributed by atoms with Crippen molar-refractivity contribution in [3.05, 3.63) is 51.2 Å². The predicted octanol–water partition coefficient (Wildman–Crippen LogP) is 4.58. The van der Waals surface area contributed by atoms with E-state index in [9.17, 15) is 14.7 Å². The van der Waals surface area contributed by atoms with Gasteiger partial charge in [0.2, 0.25) is 0 Å². The van der Waals surface area contributed by atoms with Gasteiger partial charge in [0, 0.05) is 16.5 Å². The zero-order valence-corrected chi connectivity index (χ0v) is 18.2. The fraction of sp³-hybridized carbons (Fsp3) is 0.417. The van der Waals surface area contributed by atoms with Crippen LogP contribution in [-0.2, 0) is 9.59 Å². The number of carbonyl (C=O) groups is 2. The van der Waals surface area contributed by atoms with Gasteiger partial charge in [-0.3, -0.25) is 9.59 Å². The van der Waals surface area contributed by atoms with Crippen molar-refractivity contribution in [3.8, 4) is 11.5 Å². The molecule has 5 rings (SSSR count). The van der Waals surface area contributed by atoms with Crippen molar-refractivity contribution < 1.29 is 24.2 Å². The first-order chi connectivity index (χ1) is 15.1. The topological polar surface area (TPSA) is 76.1 Å². The summed E-state index contributed by atoms with van der Waals surface area (Å²) < 4.78 is 11.2. The molecule has 1 saturated carbocycles. The maximum atomic E-state index is 13.2. The Kier molecular flexibility index (Phi) is 5.22. The number of ketones is 1. The van der Waals surface area contributed by atoms with Crippen LogP contribution in [0, 0.1) is 6.92 Å². The molecule has 0 bridgehead atoms. The van der Waals surface area contributed by atoms with Gasteiger partial charge in [-0.05, 0) is 55.0 Å². The summed E-state index contributed by atoms with van der Waals surface area (Å²) in [6, 6.07) is 6.56. The third-order valence-electron chi connectivity index (χ3n) is 6.41. The fourth-order valence-corrected chi connectivity index (χ4v) is 5.89. The molecule has 1 atom stereocenters. The summed E-state index contributed by atoms with van der Waals surface area (Å²) in [7, 11) is 0. The number of ether oxygens (including phenoxy) is 2. The number of amides is 1. The molecule has 162 valence electrons. The summed E-state index contributed by atoms with van der Waals surface area (Å²) in [6.45, 7) is 2.89. The molecule has 0 spiro atoms. The summed E-state index contributed by atoms with van der Waals surface area (Å²) in [4.78, 5) is 29.1. The minimum atomic E-state index is -0.615. The molecule has 1 N–H and O–H groups in total. The zero-order valence-electron chi connectivity index (χ0n) is 17.4. The minimum absolute atomic E-state index is 0.0160. The molecule has 2 aliphatic heterocycles. The average molecular weight is 440 g/mol. The molecule has 1 aromatic carbocycles. The molecule has 31 heavy (non-hydrogen) atoms. The highest BCUT2D eigenvalue weighted by Crippen LogP contribution is 2.46. The standard InChI is InChI=1S/C24H25NO5S/c1-14-9-12-31-23(14)20-19(22(27)24(28)25(20)16-5-3-2-4-6-16)21(26)15-7-8-17-18(13-15)30-11-10-29-17/h7-9,12-13,16,20,26H,2-6,10-11H2,1H3/b21-19-. The first-order valence-electron chi connectivity index (χ1n) is 10.8. The summed E-state index contributed by atoms with van der Waals surface area (Å²) in [5.74, 6) is -0.150. The Balaban J connectivity index is 1.64. The maximum Gasteiger partial charge on any atom is 0.295 e. The van der Waals surface area contributed by atoms with E-state index in [0.29, 0.717) is 30.3 Å². The van der Waals surface area contributed by atoms with Gasteiger partial charge < -0.3 is 19.5 Å². The van der Waals surface area contributed by atoms with Gasteiger partial charge in [0.1, 0.15) is 25.0 Å². The van der Waals surface area contributed by atoms with E-state index in [2.05, 4.69) is 0 Å². The Hall–Kier alpha value is -2.80. The predicted molar refractivity (Wildman–Crippen MR) is 118 cm³/mol. The second-order valence-corrected chi connectivity index (χ2v) is 9.27. The van der Waals surface area contributed by atoms with Gasteiger partial charge in [-0.15, -0.1) is 11.3 Å². The number of rotatable bonds is 3. The lowest BCUT2D eigenvalue weighted by Crippen LogP contribution is -2.40. The Bertz CT molecular complexity index is 1070. The van der Waals surface area contributed by atoms with Gasteiger partial charge >= 0.3 is 0 Å². The molecule has 1 saturated heterocycles. The summed E-state index contributed by atoms with van der Waals surface area (Å²) in [5, 5.41) is 13.2. The number of carbonyl (C=O) groups excluding carboxylic acids is 2. The maximum absolute atomic E-state index is 13.2. The minimum Gasteiger partial charge on any atom is -0.507 e. The number of Topliss-reactive ketones (excluding diaryl/α,β-unsaturated/α-hetero) is 1. The Labute approximate surface area is 185 Å². The molecular formula is C24H25NO5S. The highest BCUT2D eigenvalue weighted by molar-refractivity contribution is 7.10. The number of hydrogen-bond donors (Lipinski definition) is 1. The van der Waals surface area contributed by atoms with Crippen molar-refractivity contribution in [2.45, 2.75) is 51.1 Å². The van der Waals surface area contributed by atoms with Gasteiger partial charge in [0.05, 0.1) is 5.57 Å². The van der Waals surface area contributed by atoms with E-state index >= 15 is 0 Å². The van der Waals surface area contributed by atoms with Crippen LogP contribution in [0.1, 0.15) is 54.1 Å². The molecule has 3 heterocycles. The molecule has 0 radical (unpaired) electrons. The van der Waals surface area contributed by atoms with Crippen LogP contribution in [0.3, 0.4) is 0 Å². The second-order valence-electron chi connectivity index (χ2n) is 8.32. The Morgan fingerprint density at radius 3 is 2.52 bits per heavy atom. The second kappa shape index (κ2) is 8.04. The van der Waals surface area contributed by atoms with Crippen LogP contribution in [-0.4, -0.2) is 41.0 Å². The van der Waals surface area contributed by atoms with Crippen LogP contribution in [0.5, 0.6) is 11.5 Å². The Morgan fingerprint density at radius 2 is 1.81 bits per heavy atom. The molecule has 7 heteroatoms. The number of aliphatic hydroxyl groups is 1. The molecule has 1 unspecified atom stereocenters. The van der Waals surface area contributed by atoms with Gasteiger partial charge in [0.25, 0.3) is 11.7 Å². The van der Waals surface area contributed by atoms with Crippen LogP contribution < -0.4 is 9.47 Å². The zero-order chi connectivity index (χ0) is 21.5. The van der Waals surface area contributed by atoms with Crippen molar-refractivity contribution in [2.75, 3.05) is 13.2 Å². The molecular weight excluding hydrogens is 414 g/mol. The Morgan fingerprint density at radius 1 is 1.06 bits per heavy atom. The van der Waals surface area contributed by atoms with E-state index < -0.39 is 17.7 Å². The van der Waals surface area contributed by atoms with E-state index in [4.69, 9.17) is 9.47 Å². The highest BCUT2D eigenvalue weighted by atomic mass is 32.1. The SMILES string of the molecule is Cc1ccsc1C1/C(=C(/O)c2ccc3c(c2)OCCO3)C(=O)C(=O)N1C1CCCCC1. The summed E-state index contributed by atoms with van der Waals surface area (Å²) in [6.07, 6.45) is 5.02.